The van der Waals surface area contributed by atoms with E-state index in [1.807, 2.05) is 19.9 Å². The third kappa shape index (κ3) is 1.42. The summed E-state index contributed by atoms with van der Waals surface area (Å²) in [6.07, 6.45) is 3.29. The third-order valence-corrected chi connectivity index (χ3v) is 3.71. The zero-order valence-corrected chi connectivity index (χ0v) is 9.87. The third-order valence-electron chi connectivity index (χ3n) is 3.71. The fraction of sp³-hybridized carbons (Fsp3) is 0.538. The highest BCUT2D eigenvalue weighted by Gasteiger charge is 2.43. The van der Waals surface area contributed by atoms with Gasteiger partial charge in [0.2, 0.25) is 0 Å². The van der Waals surface area contributed by atoms with Gasteiger partial charge in [0.05, 0.1) is 13.0 Å². The minimum absolute atomic E-state index is 0.0667. The van der Waals surface area contributed by atoms with Crippen molar-refractivity contribution < 1.29 is 14.3 Å². The van der Waals surface area contributed by atoms with Crippen LogP contribution in [-0.4, -0.2) is 18.9 Å². The maximum absolute atomic E-state index is 11.9. The Kier molecular flexibility index (Phi) is 2.70. The highest BCUT2D eigenvalue weighted by atomic mass is 16.5. The molecule has 0 bridgehead atoms. The number of fused-ring (bicyclic) bond motifs is 1. The van der Waals surface area contributed by atoms with Crippen LogP contribution in [0.3, 0.4) is 0 Å². The number of allylic oxidation sites excluding steroid dienone is 4. The Balaban J connectivity index is 2.30. The van der Waals surface area contributed by atoms with Gasteiger partial charge in [-0.3, -0.25) is 9.59 Å². The summed E-state index contributed by atoms with van der Waals surface area (Å²) in [5.41, 5.74) is 2.84. The molecule has 2 aliphatic rings. The van der Waals surface area contributed by atoms with Crippen molar-refractivity contribution in [2.75, 3.05) is 7.11 Å². The van der Waals surface area contributed by atoms with Gasteiger partial charge >= 0.3 is 5.97 Å². The molecule has 0 aromatic carbocycles. The van der Waals surface area contributed by atoms with E-state index >= 15 is 0 Å². The lowest BCUT2D eigenvalue weighted by Gasteiger charge is -2.08. The maximum atomic E-state index is 11.9. The van der Waals surface area contributed by atoms with Crippen LogP contribution in [0.15, 0.2) is 22.8 Å². The van der Waals surface area contributed by atoms with Crippen LogP contribution in [0.25, 0.3) is 0 Å². The number of ether oxygens (including phenoxy) is 1. The molecule has 1 fully saturated rings. The van der Waals surface area contributed by atoms with Crippen LogP contribution < -0.4 is 0 Å². The Morgan fingerprint density at radius 3 is 2.75 bits per heavy atom. The molecule has 16 heavy (non-hydrogen) atoms. The van der Waals surface area contributed by atoms with E-state index < -0.39 is 0 Å². The number of carbonyl (C=O) groups is 2. The van der Waals surface area contributed by atoms with Gasteiger partial charge in [0.15, 0.2) is 5.78 Å². The zero-order chi connectivity index (χ0) is 11.9. The Morgan fingerprint density at radius 2 is 2.19 bits per heavy atom. The van der Waals surface area contributed by atoms with Crippen LogP contribution in [0, 0.1) is 11.8 Å². The summed E-state index contributed by atoms with van der Waals surface area (Å²) in [4.78, 5) is 23.3. The van der Waals surface area contributed by atoms with E-state index in [0.717, 1.165) is 23.1 Å². The predicted octanol–water partition coefficient (Wildman–Crippen LogP) is 2.03. The van der Waals surface area contributed by atoms with Crippen molar-refractivity contribution in [3.63, 3.8) is 0 Å². The first-order valence-electron chi connectivity index (χ1n) is 5.58. The summed E-state index contributed by atoms with van der Waals surface area (Å²) in [5, 5.41) is 0. The number of esters is 1. The minimum atomic E-state index is -0.155. The van der Waals surface area contributed by atoms with Crippen LogP contribution in [0.4, 0.5) is 0 Å². The molecule has 86 valence electrons. The Bertz CT molecular complexity index is 415. The van der Waals surface area contributed by atoms with Crippen molar-refractivity contribution >= 4 is 11.8 Å². The van der Waals surface area contributed by atoms with Gasteiger partial charge < -0.3 is 4.74 Å². The van der Waals surface area contributed by atoms with Gasteiger partial charge in [-0.25, -0.2) is 0 Å². The Morgan fingerprint density at radius 1 is 1.50 bits per heavy atom. The molecule has 3 heteroatoms. The van der Waals surface area contributed by atoms with Crippen molar-refractivity contribution in [3.05, 3.63) is 22.8 Å². The number of hydrogen-bond donors (Lipinski definition) is 0. The van der Waals surface area contributed by atoms with Crippen LogP contribution >= 0.6 is 0 Å². The molecule has 2 atom stereocenters. The highest BCUT2D eigenvalue weighted by Crippen LogP contribution is 2.47. The number of carbonyl (C=O) groups excluding carboxylic acids is 2. The SMILES string of the molecule is C/C=C1/C(=O)C(C)=C2CC(C(=O)OC)CC21. The summed E-state index contributed by atoms with van der Waals surface area (Å²) in [6.45, 7) is 3.75. The van der Waals surface area contributed by atoms with Crippen molar-refractivity contribution in [1.29, 1.82) is 0 Å². The lowest BCUT2D eigenvalue weighted by atomic mass is 9.96. The predicted molar refractivity (Wildman–Crippen MR) is 59.7 cm³/mol. The smallest absolute Gasteiger partial charge is 0.309 e. The van der Waals surface area contributed by atoms with Crippen molar-refractivity contribution in [1.82, 2.24) is 0 Å². The highest BCUT2D eigenvalue weighted by molar-refractivity contribution is 6.12. The normalized spacial score (nSPS) is 31.2. The number of rotatable bonds is 1. The molecule has 0 amide bonds. The number of Topliss-reactive ketones (excluding diaryl/α,β-unsaturated/α-hetero) is 1. The number of hydrogen-bond acceptors (Lipinski definition) is 3. The average molecular weight is 220 g/mol. The Labute approximate surface area is 95.2 Å². The van der Waals surface area contributed by atoms with E-state index in [1.54, 1.807) is 0 Å². The fourth-order valence-corrected chi connectivity index (χ4v) is 2.85. The quantitative estimate of drug-likeness (QED) is 0.501. The first kappa shape index (κ1) is 11.1. The van der Waals surface area contributed by atoms with Gasteiger partial charge in [-0.05, 0) is 32.3 Å². The van der Waals surface area contributed by atoms with Gasteiger partial charge in [-0.1, -0.05) is 11.6 Å². The van der Waals surface area contributed by atoms with E-state index in [4.69, 9.17) is 4.74 Å². The topological polar surface area (TPSA) is 43.4 Å². The molecule has 0 saturated heterocycles. The van der Waals surface area contributed by atoms with Crippen molar-refractivity contribution in [2.45, 2.75) is 26.7 Å². The molecule has 0 aliphatic heterocycles. The van der Waals surface area contributed by atoms with Gasteiger partial charge in [0.25, 0.3) is 0 Å². The second-order valence-electron chi connectivity index (χ2n) is 4.44. The van der Waals surface area contributed by atoms with E-state index in [9.17, 15) is 9.59 Å². The maximum Gasteiger partial charge on any atom is 0.309 e. The molecular weight excluding hydrogens is 204 g/mol. The van der Waals surface area contributed by atoms with E-state index in [-0.39, 0.29) is 23.6 Å². The molecular formula is C13H16O3. The molecule has 3 nitrogen and oxygen atoms in total. The lowest BCUT2D eigenvalue weighted by Crippen LogP contribution is -2.14. The Hall–Kier alpha value is -1.38. The van der Waals surface area contributed by atoms with E-state index in [1.165, 1.54) is 7.11 Å². The van der Waals surface area contributed by atoms with Gasteiger partial charge in [-0.2, -0.15) is 0 Å². The molecule has 2 unspecified atom stereocenters. The van der Waals surface area contributed by atoms with Crippen molar-refractivity contribution in [3.8, 4) is 0 Å². The molecule has 0 heterocycles. The van der Waals surface area contributed by atoms with Gasteiger partial charge in [0, 0.05) is 11.5 Å². The van der Waals surface area contributed by atoms with Crippen LogP contribution in [0.2, 0.25) is 0 Å². The lowest BCUT2D eigenvalue weighted by molar-refractivity contribution is -0.145. The minimum Gasteiger partial charge on any atom is -0.469 e. The number of methoxy groups -OCH3 is 1. The summed E-state index contributed by atoms with van der Waals surface area (Å²) in [5.74, 6) is 0.105. The molecule has 1 saturated carbocycles. The van der Waals surface area contributed by atoms with Crippen LogP contribution in [-0.2, 0) is 14.3 Å². The molecule has 0 spiro atoms. The molecule has 0 aromatic rings. The van der Waals surface area contributed by atoms with Crippen LogP contribution in [0.5, 0.6) is 0 Å². The molecule has 0 N–H and O–H groups in total. The largest absolute Gasteiger partial charge is 0.469 e. The van der Waals surface area contributed by atoms with Gasteiger partial charge in [-0.15, -0.1) is 0 Å². The van der Waals surface area contributed by atoms with E-state index in [0.29, 0.717) is 6.42 Å². The first-order chi connectivity index (χ1) is 7.60. The first-order valence-corrected chi connectivity index (χ1v) is 5.58. The molecule has 2 aliphatic carbocycles. The van der Waals surface area contributed by atoms with E-state index in [2.05, 4.69) is 0 Å². The second-order valence-corrected chi connectivity index (χ2v) is 4.44. The average Bonchev–Trinajstić information content (AvgIpc) is 2.80. The fourth-order valence-electron chi connectivity index (χ4n) is 2.85. The van der Waals surface area contributed by atoms with Crippen molar-refractivity contribution in [2.24, 2.45) is 11.8 Å². The summed E-state index contributed by atoms with van der Waals surface area (Å²) in [6, 6.07) is 0. The molecule has 0 radical (unpaired) electrons. The summed E-state index contributed by atoms with van der Waals surface area (Å²) in [7, 11) is 1.42. The van der Waals surface area contributed by atoms with Gasteiger partial charge in [0.1, 0.15) is 0 Å². The monoisotopic (exact) mass is 220 g/mol. The zero-order valence-electron chi connectivity index (χ0n) is 9.87. The summed E-state index contributed by atoms with van der Waals surface area (Å²) < 4.78 is 4.76. The number of ketones is 1. The molecule has 0 aromatic heterocycles. The van der Waals surface area contributed by atoms with Crippen LogP contribution in [0.1, 0.15) is 26.7 Å². The second kappa shape index (κ2) is 3.89. The molecule has 2 rings (SSSR count). The summed E-state index contributed by atoms with van der Waals surface area (Å²) >= 11 is 0. The standard InChI is InChI=1S/C13H16O3/c1-4-9-11-6-8(13(15)16-3)5-10(11)7(2)12(9)14/h4,8,11H,5-6H2,1-3H3/b9-4+.